The molecule has 0 heterocycles. The maximum Gasteiger partial charge on any atom is 0.137 e. The average molecular weight is 369 g/mol. The lowest BCUT2D eigenvalue weighted by Gasteiger charge is -2.20. The van der Waals surface area contributed by atoms with Crippen LogP contribution in [0.4, 0.5) is 0 Å². The van der Waals surface area contributed by atoms with E-state index in [2.05, 4.69) is 45.5 Å². The first-order chi connectivity index (χ1) is 10.2. The summed E-state index contributed by atoms with van der Waals surface area (Å²) in [6, 6.07) is 14.5. The van der Waals surface area contributed by atoms with Crippen molar-refractivity contribution in [2.75, 3.05) is 14.2 Å². The number of aryl methyl sites for hydroxylation is 1. The fraction of sp³-hybridized carbons (Fsp3) is 0.294. The summed E-state index contributed by atoms with van der Waals surface area (Å²) in [4.78, 5) is 0. The summed E-state index contributed by atoms with van der Waals surface area (Å²) < 4.78 is 6.40. The van der Waals surface area contributed by atoms with Crippen LogP contribution in [0.1, 0.15) is 23.6 Å². The van der Waals surface area contributed by atoms with Crippen LogP contribution in [-0.2, 0) is 6.42 Å². The maximum absolute atomic E-state index is 6.18. The van der Waals surface area contributed by atoms with Crippen LogP contribution >= 0.6 is 27.5 Å². The molecule has 0 saturated heterocycles. The Bertz CT molecular complexity index is 589. The minimum absolute atomic E-state index is 0.190. The molecular weight excluding hydrogens is 350 g/mol. The lowest BCUT2D eigenvalue weighted by Crippen LogP contribution is -2.18. The molecule has 4 heteroatoms. The second-order valence-corrected chi connectivity index (χ2v) is 6.17. The zero-order valence-corrected chi connectivity index (χ0v) is 14.5. The molecule has 0 amide bonds. The first kappa shape index (κ1) is 16.3. The monoisotopic (exact) mass is 367 g/mol. The van der Waals surface area contributed by atoms with E-state index in [4.69, 9.17) is 16.3 Å². The maximum atomic E-state index is 6.18. The van der Waals surface area contributed by atoms with Crippen molar-refractivity contribution in [2.45, 2.75) is 18.9 Å². The molecule has 2 aromatic rings. The Morgan fingerprint density at radius 1 is 1.24 bits per heavy atom. The molecule has 0 aromatic heterocycles. The van der Waals surface area contributed by atoms with Crippen molar-refractivity contribution in [3.63, 3.8) is 0 Å². The molecular formula is C17H19BrClNO. The van der Waals surface area contributed by atoms with Crippen molar-refractivity contribution in [3.8, 4) is 5.75 Å². The van der Waals surface area contributed by atoms with Crippen molar-refractivity contribution < 1.29 is 4.74 Å². The van der Waals surface area contributed by atoms with Gasteiger partial charge >= 0.3 is 0 Å². The van der Waals surface area contributed by atoms with Gasteiger partial charge in [0.2, 0.25) is 0 Å². The second kappa shape index (κ2) is 7.83. The van der Waals surface area contributed by atoms with Gasteiger partial charge in [-0.05, 0) is 53.5 Å². The highest BCUT2D eigenvalue weighted by molar-refractivity contribution is 9.10. The quantitative estimate of drug-likeness (QED) is 0.774. The van der Waals surface area contributed by atoms with Gasteiger partial charge < -0.3 is 10.1 Å². The van der Waals surface area contributed by atoms with Crippen LogP contribution in [0.2, 0.25) is 5.02 Å². The highest BCUT2D eigenvalue weighted by Crippen LogP contribution is 2.37. The van der Waals surface area contributed by atoms with E-state index in [0.29, 0.717) is 5.02 Å². The molecule has 112 valence electrons. The molecule has 0 saturated carbocycles. The number of methoxy groups -OCH3 is 1. The van der Waals surface area contributed by atoms with Crippen molar-refractivity contribution in [3.05, 3.63) is 63.1 Å². The van der Waals surface area contributed by atoms with Crippen LogP contribution in [0.25, 0.3) is 0 Å². The summed E-state index contributed by atoms with van der Waals surface area (Å²) in [6.07, 6.45) is 1.98. The minimum atomic E-state index is 0.190. The Morgan fingerprint density at radius 3 is 2.57 bits per heavy atom. The zero-order chi connectivity index (χ0) is 15.2. The van der Waals surface area contributed by atoms with Crippen LogP contribution in [0.3, 0.4) is 0 Å². The van der Waals surface area contributed by atoms with E-state index in [9.17, 15) is 0 Å². The third-order valence-electron chi connectivity index (χ3n) is 3.53. The van der Waals surface area contributed by atoms with Gasteiger partial charge in [-0.2, -0.15) is 0 Å². The number of nitrogens with one attached hydrogen (secondary N) is 1. The van der Waals surface area contributed by atoms with E-state index in [1.165, 1.54) is 5.56 Å². The van der Waals surface area contributed by atoms with Gasteiger partial charge in [0.25, 0.3) is 0 Å². The zero-order valence-electron chi connectivity index (χ0n) is 12.2. The molecule has 21 heavy (non-hydrogen) atoms. The van der Waals surface area contributed by atoms with Gasteiger partial charge in [0.15, 0.2) is 0 Å². The van der Waals surface area contributed by atoms with Gasteiger partial charge in [0.1, 0.15) is 5.75 Å². The van der Waals surface area contributed by atoms with Gasteiger partial charge in [-0.1, -0.05) is 41.9 Å². The van der Waals surface area contributed by atoms with Gasteiger partial charge in [0.05, 0.1) is 11.6 Å². The molecule has 1 atom stereocenters. The first-order valence-corrected chi connectivity index (χ1v) is 8.07. The Kier molecular flexibility index (Phi) is 6.09. The predicted molar refractivity (Wildman–Crippen MR) is 92.3 cm³/mol. The van der Waals surface area contributed by atoms with Crippen molar-refractivity contribution in [1.82, 2.24) is 5.32 Å². The summed E-state index contributed by atoms with van der Waals surface area (Å²) in [5.74, 6) is 0.840. The van der Waals surface area contributed by atoms with E-state index in [1.54, 1.807) is 7.11 Å². The Morgan fingerprint density at radius 2 is 1.95 bits per heavy atom. The number of hydrogen-bond acceptors (Lipinski definition) is 2. The molecule has 0 aliphatic rings. The van der Waals surface area contributed by atoms with Crippen LogP contribution in [0.5, 0.6) is 5.75 Å². The standard InChI is InChI=1S/C17H19BrClNO/c1-20-16(9-8-12-6-4-3-5-7-12)14-10-13(19)11-15(18)17(14)21-2/h3-7,10-11,16,20H,8-9H2,1-2H3. The summed E-state index contributed by atoms with van der Waals surface area (Å²) in [7, 11) is 3.64. The van der Waals surface area contributed by atoms with E-state index < -0.39 is 0 Å². The van der Waals surface area contributed by atoms with Crippen molar-refractivity contribution >= 4 is 27.5 Å². The molecule has 0 fully saturated rings. The predicted octanol–water partition coefficient (Wildman–Crippen LogP) is 5.00. The summed E-state index contributed by atoms with van der Waals surface area (Å²) in [5.41, 5.74) is 2.41. The topological polar surface area (TPSA) is 21.3 Å². The van der Waals surface area contributed by atoms with Crippen LogP contribution < -0.4 is 10.1 Å². The number of hydrogen-bond donors (Lipinski definition) is 1. The summed E-state index contributed by atoms with van der Waals surface area (Å²) >= 11 is 9.70. The van der Waals surface area contributed by atoms with E-state index in [0.717, 1.165) is 28.6 Å². The smallest absolute Gasteiger partial charge is 0.137 e. The molecule has 1 unspecified atom stereocenters. The van der Waals surface area contributed by atoms with Crippen LogP contribution in [0, 0.1) is 0 Å². The molecule has 0 aliphatic heterocycles. The third-order valence-corrected chi connectivity index (χ3v) is 4.34. The Hall–Kier alpha value is -1.03. The lowest BCUT2D eigenvalue weighted by atomic mass is 9.98. The van der Waals surface area contributed by atoms with Crippen LogP contribution in [-0.4, -0.2) is 14.2 Å². The SMILES string of the molecule is CNC(CCc1ccccc1)c1cc(Cl)cc(Br)c1OC. The number of benzene rings is 2. The average Bonchev–Trinajstić information content (AvgIpc) is 2.48. The highest BCUT2D eigenvalue weighted by Gasteiger charge is 2.17. The fourth-order valence-electron chi connectivity index (χ4n) is 2.47. The third kappa shape index (κ3) is 4.22. The van der Waals surface area contributed by atoms with Gasteiger partial charge in [0, 0.05) is 16.6 Å². The number of halogens is 2. The molecule has 1 N–H and O–H groups in total. The molecule has 2 aromatic carbocycles. The van der Waals surface area contributed by atoms with E-state index >= 15 is 0 Å². The Labute approximate surface area is 139 Å². The molecule has 0 radical (unpaired) electrons. The largest absolute Gasteiger partial charge is 0.495 e. The van der Waals surface area contributed by atoms with Crippen LogP contribution in [0.15, 0.2) is 46.9 Å². The lowest BCUT2D eigenvalue weighted by molar-refractivity contribution is 0.396. The van der Waals surface area contributed by atoms with Crippen molar-refractivity contribution in [2.24, 2.45) is 0 Å². The Balaban J connectivity index is 2.21. The van der Waals surface area contributed by atoms with Gasteiger partial charge in [-0.3, -0.25) is 0 Å². The number of rotatable bonds is 6. The second-order valence-electron chi connectivity index (χ2n) is 4.88. The summed E-state index contributed by atoms with van der Waals surface area (Å²) in [5, 5.41) is 4.06. The highest BCUT2D eigenvalue weighted by atomic mass is 79.9. The molecule has 2 nitrogen and oxygen atoms in total. The number of ether oxygens (including phenoxy) is 1. The van der Waals surface area contributed by atoms with Gasteiger partial charge in [-0.15, -0.1) is 0 Å². The minimum Gasteiger partial charge on any atom is -0.495 e. The normalized spacial score (nSPS) is 12.2. The molecule has 0 bridgehead atoms. The molecule has 0 aliphatic carbocycles. The van der Waals surface area contributed by atoms with Gasteiger partial charge in [-0.25, -0.2) is 0 Å². The first-order valence-electron chi connectivity index (χ1n) is 6.89. The van der Waals surface area contributed by atoms with Crippen molar-refractivity contribution in [1.29, 1.82) is 0 Å². The van der Waals surface area contributed by atoms with E-state index in [-0.39, 0.29) is 6.04 Å². The molecule has 0 spiro atoms. The van der Waals surface area contributed by atoms with E-state index in [1.807, 2.05) is 25.2 Å². The summed E-state index contributed by atoms with van der Waals surface area (Å²) in [6.45, 7) is 0. The fourth-order valence-corrected chi connectivity index (χ4v) is 3.46. The molecule has 2 rings (SSSR count).